The second kappa shape index (κ2) is 9.19. The predicted molar refractivity (Wildman–Crippen MR) is 119 cm³/mol. The van der Waals surface area contributed by atoms with Crippen molar-refractivity contribution in [2.45, 2.75) is 37.6 Å². The maximum atomic E-state index is 13.4. The van der Waals surface area contributed by atoms with Gasteiger partial charge in [-0.25, -0.2) is 8.42 Å². The third-order valence-electron chi connectivity index (χ3n) is 6.22. The Morgan fingerprint density at radius 3 is 2.56 bits per heavy atom. The molecule has 4 rings (SSSR count). The lowest BCUT2D eigenvalue weighted by atomic mass is 9.94. The Morgan fingerprint density at radius 1 is 1.12 bits per heavy atom. The largest absolute Gasteiger partial charge is 0.378 e. The standard InChI is InChI=1S/C22H30N4O5S/c1-15(2)19(23-20-17-7-3-4-8-18(17)32(29,30)24-20)22(28)26-9-5-6-16(14-26)21(27)25-10-12-31-13-11-25/h3-4,7-8,15-16,19H,5-6,9-14H2,1-2H3,(H,23,24)/t16?,19-/m0/s1. The number of piperidine rings is 1. The minimum Gasteiger partial charge on any atom is -0.378 e. The van der Waals surface area contributed by atoms with Gasteiger partial charge >= 0.3 is 0 Å². The first-order valence-corrected chi connectivity index (χ1v) is 12.6. The van der Waals surface area contributed by atoms with Crippen molar-refractivity contribution in [1.82, 2.24) is 14.5 Å². The summed E-state index contributed by atoms with van der Waals surface area (Å²) in [6, 6.07) is 5.88. The lowest BCUT2D eigenvalue weighted by molar-refractivity contribution is -0.144. The van der Waals surface area contributed by atoms with Crippen LogP contribution >= 0.6 is 0 Å². The maximum Gasteiger partial charge on any atom is 0.263 e. The topological polar surface area (TPSA) is 108 Å². The van der Waals surface area contributed by atoms with Gasteiger partial charge in [-0.05, 0) is 30.9 Å². The molecule has 2 fully saturated rings. The van der Waals surface area contributed by atoms with Crippen LogP contribution in [-0.4, -0.2) is 81.3 Å². The van der Waals surface area contributed by atoms with E-state index in [0.717, 1.165) is 12.8 Å². The van der Waals surface area contributed by atoms with Gasteiger partial charge in [0.2, 0.25) is 11.8 Å². The first-order valence-electron chi connectivity index (χ1n) is 11.1. The van der Waals surface area contributed by atoms with Gasteiger partial charge in [0.1, 0.15) is 11.9 Å². The number of benzene rings is 1. The molecule has 1 unspecified atom stereocenters. The fraction of sp³-hybridized carbons (Fsp3) is 0.591. The minimum absolute atomic E-state index is 0.0793. The highest BCUT2D eigenvalue weighted by Gasteiger charge is 2.37. The summed E-state index contributed by atoms with van der Waals surface area (Å²) in [5, 5.41) is 0. The number of carbonyl (C=O) groups excluding carboxylic acids is 2. The molecular weight excluding hydrogens is 432 g/mol. The number of amidine groups is 1. The van der Waals surface area contributed by atoms with Crippen molar-refractivity contribution in [1.29, 1.82) is 0 Å². The summed E-state index contributed by atoms with van der Waals surface area (Å²) in [6.07, 6.45) is 1.51. The van der Waals surface area contributed by atoms with Crippen LogP contribution in [0.5, 0.6) is 0 Å². The third kappa shape index (κ3) is 4.52. The van der Waals surface area contributed by atoms with E-state index < -0.39 is 16.1 Å². The molecule has 0 saturated carbocycles. The average Bonchev–Trinajstić information content (AvgIpc) is 3.07. The Bertz CT molecular complexity index is 1020. The van der Waals surface area contributed by atoms with Gasteiger partial charge in [0.15, 0.2) is 0 Å². The van der Waals surface area contributed by atoms with Crippen LogP contribution < -0.4 is 4.72 Å². The van der Waals surface area contributed by atoms with Crippen LogP contribution in [0.2, 0.25) is 0 Å². The van der Waals surface area contributed by atoms with Gasteiger partial charge in [0.05, 0.1) is 24.0 Å². The Hall–Kier alpha value is -2.46. The number of hydrogen-bond donors (Lipinski definition) is 1. The Morgan fingerprint density at radius 2 is 1.84 bits per heavy atom. The highest BCUT2D eigenvalue weighted by molar-refractivity contribution is 7.90. The van der Waals surface area contributed by atoms with E-state index in [9.17, 15) is 18.0 Å². The summed E-state index contributed by atoms with van der Waals surface area (Å²) >= 11 is 0. The molecule has 0 aliphatic carbocycles. The molecule has 0 bridgehead atoms. The van der Waals surface area contributed by atoms with Gasteiger partial charge in [-0.3, -0.25) is 19.3 Å². The van der Waals surface area contributed by atoms with Gasteiger partial charge in [-0.15, -0.1) is 0 Å². The van der Waals surface area contributed by atoms with Gasteiger partial charge in [0, 0.05) is 31.7 Å². The molecule has 1 aromatic rings. The van der Waals surface area contributed by atoms with Crippen molar-refractivity contribution in [2.24, 2.45) is 16.8 Å². The van der Waals surface area contributed by atoms with Crippen molar-refractivity contribution in [3.8, 4) is 0 Å². The molecule has 2 amide bonds. The van der Waals surface area contributed by atoms with Gasteiger partial charge in [-0.2, -0.15) is 0 Å². The number of nitrogens with one attached hydrogen (secondary N) is 1. The van der Waals surface area contributed by atoms with Crippen LogP contribution in [0.3, 0.4) is 0 Å². The van der Waals surface area contributed by atoms with E-state index in [2.05, 4.69) is 9.71 Å². The smallest absolute Gasteiger partial charge is 0.263 e. The van der Waals surface area contributed by atoms with Gasteiger partial charge in [0.25, 0.3) is 10.0 Å². The van der Waals surface area contributed by atoms with Gasteiger partial charge in [-0.1, -0.05) is 26.0 Å². The number of hydrogen-bond acceptors (Lipinski definition) is 6. The van der Waals surface area contributed by atoms with Crippen LogP contribution in [0.15, 0.2) is 34.2 Å². The lowest BCUT2D eigenvalue weighted by Crippen LogP contribution is -2.51. The minimum atomic E-state index is -3.68. The molecule has 9 nitrogen and oxygen atoms in total. The van der Waals surface area contributed by atoms with Gasteiger partial charge < -0.3 is 14.5 Å². The summed E-state index contributed by atoms with van der Waals surface area (Å²) in [5.41, 5.74) is 0.477. The number of carbonyl (C=O) groups is 2. The van der Waals surface area contributed by atoms with E-state index in [1.807, 2.05) is 18.7 Å². The molecule has 3 aliphatic rings. The molecule has 0 spiro atoms. The molecule has 10 heteroatoms. The van der Waals surface area contributed by atoms with E-state index in [0.29, 0.717) is 45.0 Å². The number of likely N-dealkylation sites (tertiary alicyclic amines) is 1. The average molecular weight is 463 g/mol. The summed E-state index contributed by atoms with van der Waals surface area (Å²) in [5.74, 6) is -0.253. The lowest BCUT2D eigenvalue weighted by Gasteiger charge is -2.37. The first kappa shape index (κ1) is 22.7. The van der Waals surface area contributed by atoms with E-state index >= 15 is 0 Å². The Labute approximate surface area is 188 Å². The van der Waals surface area contributed by atoms with Crippen LogP contribution in [0.25, 0.3) is 0 Å². The zero-order chi connectivity index (χ0) is 22.9. The molecule has 3 aliphatic heterocycles. The number of aliphatic imine (C=N–C) groups is 1. The highest BCUT2D eigenvalue weighted by atomic mass is 32.2. The van der Waals surface area contributed by atoms with E-state index in [1.165, 1.54) is 6.07 Å². The predicted octanol–water partition coefficient (Wildman–Crippen LogP) is 0.847. The number of sulfonamides is 1. The van der Waals surface area contributed by atoms with Crippen LogP contribution in [0, 0.1) is 11.8 Å². The zero-order valence-corrected chi connectivity index (χ0v) is 19.3. The molecule has 0 aromatic heterocycles. The fourth-order valence-corrected chi connectivity index (χ4v) is 5.71. The van der Waals surface area contributed by atoms with Crippen molar-refractivity contribution < 1.29 is 22.7 Å². The summed E-state index contributed by atoms with van der Waals surface area (Å²) < 4.78 is 32.7. The van der Waals surface area contributed by atoms with Crippen molar-refractivity contribution in [3.05, 3.63) is 29.8 Å². The summed E-state index contributed by atoms with van der Waals surface area (Å²) in [4.78, 5) is 34.7. The number of amides is 2. The van der Waals surface area contributed by atoms with Crippen molar-refractivity contribution in [3.63, 3.8) is 0 Å². The van der Waals surface area contributed by atoms with E-state index in [-0.39, 0.29) is 34.4 Å². The first-order chi connectivity index (χ1) is 15.3. The van der Waals surface area contributed by atoms with E-state index in [4.69, 9.17) is 4.74 Å². The molecule has 2 saturated heterocycles. The van der Waals surface area contributed by atoms with Crippen LogP contribution in [0.4, 0.5) is 0 Å². The second-order valence-corrected chi connectivity index (χ2v) is 10.5. The van der Waals surface area contributed by atoms with Crippen molar-refractivity contribution in [2.75, 3.05) is 39.4 Å². The highest BCUT2D eigenvalue weighted by Crippen LogP contribution is 2.25. The normalized spacial score (nSPS) is 24.8. The molecule has 32 heavy (non-hydrogen) atoms. The zero-order valence-electron chi connectivity index (χ0n) is 18.5. The molecule has 1 aromatic carbocycles. The number of nitrogens with zero attached hydrogens (tertiary/aromatic N) is 3. The third-order valence-corrected chi connectivity index (χ3v) is 7.62. The molecule has 2 atom stereocenters. The summed E-state index contributed by atoms with van der Waals surface area (Å²) in [7, 11) is -3.68. The molecular formula is C22H30N4O5S. The Balaban J connectivity index is 1.52. The number of fused-ring (bicyclic) bond motifs is 1. The van der Waals surface area contributed by atoms with Crippen LogP contribution in [-0.2, 0) is 24.3 Å². The number of ether oxygens (including phenoxy) is 1. The molecule has 0 radical (unpaired) electrons. The number of morpholine rings is 1. The SMILES string of the molecule is CC(C)[C@H](N=C1NS(=O)(=O)c2ccccc21)C(=O)N1CCCC(C(=O)N2CCOCC2)C1. The molecule has 174 valence electrons. The molecule has 3 heterocycles. The monoisotopic (exact) mass is 462 g/mol. The Kier molecular flexibility index (Phi) is 6.52. The number of rotatable bonds is 4. The second-order valence-electron chi connectivity index (χ2n) is 8.83. The van der Waals surface area contributed by atoms with E-state index in [1.54, 1.807) is 23.1 Å². The van der Waals surface area contributed by atoms with Crippen molar-refractivity contribution >= 4 is 27.7 Å². The summed E-state index contributed by atoms with van der Waals surface area (Å²) in [6.45, 7) is 6.99. The van der Waals surface area contributed by atoms with Crippen LogP contribution in [0.1, 0.15) is 32.3 Å². The molecule has 1 N–H and O–H groups in total. The quantitative estimate of drug-likeness (QED) is 0.714. The fourth-order valence-electron chi connectivity index (χ4n) is 4.47. The maximum absolute atomic E-state index is 13.4.